The van der Waals surface area contributed by atoms with Gasteiger partial charge >= 0.3 is 5.97 Å². The molecule has 4 aliphatic rings. The van der Waals surface area contributed by atoms with Crippen LogP contribution in [0.25, 0.3) is 0 Å². The lowest BCUT2D eigenvalue weighted by atomic mass is 9.46. The van der Waals surface area contributed by atoms with Gasteiger partial charge in [0.05, 0.1) is 39.6 Å². The number of amides is 1. The average molecular weight is 790 g/mol. The zero-order valence-electron chi connectivity index (χ0n) is 36.6. The summed E-state index contributed by atoms with van der Waals surface area (Å²) in [6.45, 7) is 15.6. The standard InChI is InChI=1S/C48H84N2O4.ClH/c1-7-9-11-13-15-17-19-21-34-50(6,35-22-20-18-16-14-12-10-8-2)36-33-49-45(52)27-28-46(53)54-38(3)42-25-26-43-41-24-23-39-37-40(51)29-31-47(39,4)44(41)30-32-48(42,43)5;/h37-38,41-44H,7-36H2,1-6H3;1H/t38-,41?,42+,43?,44?,47-,48+;/m0./s1. The van der Waals surface area contributed by atoms with E-state index in [9.17, 15) is 14.4 Å². The summed E-state index contributed by atoms with van der Waals surface area (Å²) in [5, 5.41) is 3.17. The van der Waals surface area contributed by atoms with E-state index in [4.69, 9.17) is 4.74 Å². The number of halogens is 1. The number of esters is 1. The highest BCUT2D eigenvalue weighted by Gasteiger charge is 2.60. The van der Waals surface area contributed by atoms with E-state index < -0.39 is 0 Å². The zero-order valence-corrected chi connectivity index (χ0v) is 37.4. The summed E-state index contributed by atoms with van der Waals surface area (Å²) in [5.41, 5.74) is 1.80. The number of nitrogens with one attached hydrogen (secondary N) is 1. The molecule has 0 aromatic carbocycles. The van der Waals surface area contributed by atoms with Crippen molar-refractivity contribution < 1.29 is 36.0 Å². The first-order valence-corrected chi connectivity index (χ1v) is 23.5. The van der Waals surface area contributed by atoms with E-state index in [1.807, 2.05) is 6.08 Å². The molecule has 3 unspecified atom stereocenters. The van der Waals surface area contributed by atoms with Gasteiger partial charge in [-0.25, -0.2) is 0 Å². The molecule has 0 radical (unpaired) electrons. The van der Waals surface area contributed by atoms with Gasteiger partial charge in [-0.15, -0.1) is 0 Å². The molecule has 0 spiro atoms. The Kier molecular flexibility index (Phi) is 20.8. The average Bonchev–Trinajstić information content (AvgIpc) is 3.51. The molecule has 1 N–H and O–H groups in total. The summed E-state index contributed by atoms with van der Waals surface area (Å²) in [4.78, 5) is 38.3. The maximum Gasteiger partial charge on any atom is 0.306 e. The summed E-state index contributed by atoms with van der Waals surface area (Å²) in [5.74, 6) is 2.49. The first-order chi connectivity index (χ1) is 26.0. The number of unbranched alkanes of at least 4 members (excludes halogenated alkanes) is 14. The minimum atomic E-state index is -0.227. The van der Waals surface area contributed by atoms with Crippen molar-refractivity contribution in [2.75, 3.05) is 33.2 Å². The van der Waals surface area contributed by atoms with E-state index in [1.165, 1.54) is 147 Å². The molecule has 318 valence electrons. The van der Waals surface area contributed by atoms with Crippen LogP contribution in [0.15, 0.2) is 11.6 Å². The highest BCUT2D eigenvalue weighted by molar-refractivity contribution is 5.91. The third-order valence-electron chi connectivity index (χ3n) is 15.6. The SMILES string of the molecule is CCCCCCCCCC[N+](C)(CCCCCCCCCC)CCNC(=O)CCC(=O)O[C@@H](C)[C@H]1CCC2C3CCC4=CC(=O)CC[C@]4(C)C3CC[C@@]21C.[Cl-]. The van der Waals surface area contributed by atoms with Crippen molar-refractivity contribution in [3.8, 4) is 0 Å². The topological polar surface area (TPSA) is 72.5 Å². The number of ether oxygens (including phenoxy) is 1. The molecule has 3 saturated carbocycles. The highest BCUT2D eigenvalue weighted by atomic mass is 35.5. The number of rotatable bonds is 26. The predicted octanol–water partition coefficient (Wildman–Crippen LogP) is 8.69. The van der Waals surface area contributed by atoms with Crippen molar-refractivity contribution in [1.29, 1.82) is 0 Å². The molecule has 0 aromatic heterocycles. The predicted molar refractivity (Wildman–Crippen MR) is 224 cm³/mol. The van der Waals surface area contributed by atoms with E-state index >= 15 is 0 Å². The molecular weight excluding hydrogens is 704 g/mol. The lowest BCUT2D eigenvalue weighted by Crippen LogP contribution is -3.00. The Morgan fingerprint density at radius 2 is 1.35 bits per heavy atom. The number of nitrogens with zero attached hydrogens (tertiary/aromatic N) is 1. The Balaban J connectivity index is 0.00000812. The van der Waals surface area contributed by atoms with Crippen LogP contribution in [0, 0.1) is 34.5 Å². The molecule has 0 aromatic rings. The van der Waals surface area contributed by atoms with Crippen LogP contribution in [0.5, 0.6) is 0 Å². The summed E-state index contributed by atoms with van der Waals surface area (Å²) in [6, 6.07) is 0. The van der Waals surface area contributed by atoms with Gasteiger partial charge in [0, 0.05) is 18.8 Å². The van der Waals surface area contributed by atoms with E-state index in [2.05, 4.69) is 47.0 Å². The first-order valence-electron chi connectivity index (χ1n) is 23.5. The van der Waals surface area contributed by atoms with E-state index in [-0.39, 0.29) is 54.1 Å². The largest absolute Gasteiger partial charge is 1.00 e. The second kappa shape index (κ2) is 23.9. The molecule has 3 fully saturated rings. The van der Waals surface area contributed by atoms with Crippen LogP contribution in [0.3, 0.4) is 0 Å². The number of quaternary nitrogens is 1. The second-order valence-corrected chi connectivity index (χ2v) is 19.5. The van der Waals surface area contributed by atoms with Gasteiger partial charge < -0.3 is 26.9 Å². The second-order valence-electron chi connectivity index (χ2n) is 19.5. The lowest BCUT2D eigenvalue weighted by molar-refractivity contribution is -0.908. The minimum Gasteiger partial charge on any atom is -1.00 e. The maximum absolute atomic E-state index is 13.1. The van der Waals surface area contributed by atoms with Crippen LogP contribution in [-0.4, -0.2) is 61.5 Å². The number of likely N-dealkylation sites (N-methyl/N-ethyl adjacent to an activating group) is 1. The van der Waals surface area contributed by atoms with Crippen LogP contribution < -0.4 is 17.7 Å². The van der Waals surface area contributed by atoms with Crippen LogP contribution in [0.1, 0.15) is 202 Å². The molecule has 55 heavy (non-hydrogen) atoms. The monoisotopic (exact) mass is 789 g/mol. The number of carbonyl (C=O) groups is 3. The molecule has 7 heteroatoms. The molecule has 0 aliphatic heterocycles. The number of hydrogen-bond acceptors (Lipinski definition) is 4. The van der Waals surface area contributed by atoms with Crippen molar-refractivity contribution >= 4 is 17.7 Å². The molecule has 6 nitrogen and oxygen atoms in total. The van der Waals surface area contributed by atoms with Crippen molar-refractivity contribution in [2.24, 2.45) is 34.5 Å². The molecule has 0 saturated heterocycles. The number of carbonyl (C=O) groups excluding carboxylic acids is 3. The van der Waals surface area contributed by atoms with Crippen LogP contribution in [-0.2, 0) is 19.1 Å². The lowest BCUT2D eigenvalue weighted by Gasteiger charge is -2.58. The molecule has 0 heterocycles. The van der Waals surface area contributed by atoms with Crippen molar-refractivity contribution in [3.05, 3.63) is 11.6 Å². The van der Waals surface area contributed by atoms with E-state index in [0.717, 1.165) is 30.3 Å². The fourth-order valence-corrected chi connectivity index (χ4v) is 12.1. The van der Waals surface area contributed by atoms with E-state index in [0.29, 0.717) is 42.4 Å². The molecular formula is C48H85ClN2O4. The molecule has 4 rings (SSSR count). The van der Waals surface area contributed by atoms with Gasteiger partial charge in [-0.05, 0) is 112 Å². The third kappa shape index (κ3) is 13.9. The maximum atomic E-state index is 13.1. The fourth-order valence-electron chi connectivity index (χ4n) is 12.1. The number of hydrogen-bond donors (Lipinski definition) is 1. The molecule has 4 aliphatic carbocycles. The normalized spacial score (nSPS) is 28.0. The minimum absolute atomic E-state index is 0. The Morgan fingerprint density at radius 3 is 1.95 bits per heavy atom. The van der Waals surface area contributed by atoms with Crippen molar-refractivity contribution in [2.45, 2.75) is 208 Å². The fraction of sp³-hybridized carbons (Fsp3) is 0.896. The summed E-state index contributed by atoms with van der Waals surface area (Å²) in [6.07, 6.45) is 32.4. The highest BCUT2D eigenvalue weighted by Crippen LogP contribution is 2.67. The summed E-state index contributed by atoms with van der Waals surface area (Å²) < 4.78 is 7.16. The Labute approximate surface area is 344 Å². The number of allylic oxidation sites excluding steroid dienone is 1. The number of ketones is 1. The van der Waals surface area contributed by atoms with Crippen LogP contribution in [0.2, 0.25) is 0 Å². The van der Waals surface area contributed by atoms with Gasteiger partial charge in [-0.3, -0.25) is 14.4 Å². The Bertz CT molecular complexity index is 1180. The van der Waals surface area contributed by atoms with Gasteiger partial charge in [0.1, 0.15) is 6.10 Å². The Hall–Kier alpha value is -1.40. The Morgan fingerprint density at radius 1 is 0.764 bits per heavy atom. The van der Waals surface area contributed by atoms with Gasteiger partial charge in [0.15, 0.2) is 5.78 Å². The van der Waals surface area contributed by atoms with Gasteiger partial charge in [-0.2, -0.15) is 0 Å². The smallest absolute Gasteiger partial charge is 0.306 e. The van der Waals surface area contributed by atoms with Crippen molar-refractivity contribution in [1.82, 2.24) is 5.32 Å². The van der Waals surface area contributed by atoms with Crippen molar-refractivity contribution in [3.63, 3.8) is 0 Å². The van der Waals surface area contributed by atoms with Gasteiger partial charge in [0.2, 0.25) is 5.91 Å². The molecule has 1 amide bonds. The zero-order chi connectivity index (χ0) is 39.0. The quantitative estimate of drug-likeness (QED) is 0.0541. The summed E-state index contributed by atoms with van der Waals surface area (Å²) in [7, 11) is 2.40. The molecule has 0 bridgehead atoms. The van der Waals surface area contributed by atoms with Crippen LogP contribution >= 0.6 is 0 Å². The number of fused-ring (bicyclic) bond motifs is 5. The first kappa shape index (κ1) is 48.0. The third-order valence-corrected chi connectivity index (χ3v) is 15.6. The summed E-state index contributed by atoms with van der Waals surface area (Å²) >= 11 is 0. The van der Waals surface area contributed by atoms with Crippen LogP contribution in [0.4, 0.5) is 0 Å². The van der Waals surface area contributed by atoms with Gasteiger partial charge in [0.25, 0.3) is 0 Å². The molecule has 7 atom stereocenters. The van der Waals surface area contributed by atoms with E-state index in [1.54, 1.807) is 0 Å². The van der Waals surface area contributed by atoms with Gasteiger partial charge in [-0.1, -0.05) is 110 Å².